The molecule has 0 radical (unpaired) electrons. The number of likely N-dealkylation sites (tertiary alicyclic amines) is 1. The molecular formula is C29H32ClN5O4S. The summed E-state index contributed by atoms with van der Waals surface area (Å²) in [6.07, 6.45) is 2.33. The summed E-state index contributed by atoms with van der Waals surface area (Å²) >= 11 is 8.04. The number of anilines is 2. The van der Waals surface area contributed by atoms with E-state index in [-0.39, 0.29) is 17.4 Å². The quantitative estimate of drug-likeness (QED) is 0.224. The van der Waals surface area contributed by atoms with Crippen LogP contribution in [0.3, 0.4) is 0 Å². The third kappa shape index (κ3) is 6.23. The second-order valence-electron chi connectivity index (χ2n) is 10.9. The van der Waals surface area contributed by atoms with E-state index < -0.39 is 6.09 Å². The van der Waals surface area contributed by atoms with E-state index in [0.717, 1.165) is 35.1 Å². The van der Waals surface area contributed by atoms with Crippen LogP contribution in [0, 0.1) is 11.3 Å². The molecule has 1 aliphatic rings. The Labute approximate surface area is 242 Å². The summed E-state index contributed by atoms with van der Waals surface area (Å²) in [5.74, 6) is 1.83. The predicted molar refractivity (Wildman–Crippen MR) is 157 cm³/mol. The van der Waals surface area contributed by atoms with E-state index >= 15 is 0 Å². The lowest BCUT2D eigenvalue weighted by Gasteiger charge is -2.46. The van der Waals surface area contributed by atoms with Crippen LogP contribution in [0.4, 0.5) is 16.3 Å². The fourth-order valence-corrected chi connectivity index (χ4v) is 6.20. The molecule has 0 aliphatic carbocycles. The van der Waals surface area contributed by atoms with E-state index in [1.165, 1.54) is 17.7 Å². The van der Waals surface area contributed by atoms with E-state index in [1.54, 1.807) is 16.5 Å². The normalized spacial score (nSPS) is 17.6. The van der Waals surface area contributed by atoms with Crippen molar-refractivity contribution in [1.82, 2.24) is 19.9 Å². The molecule has 210 valence electrons. The van der Waals surface area contributed by atoms with E-state index in [4.69, 9.17) is 21.1 Å². The number of ether oxygens (including phenoxy) is 2. The topological polar surface area (TPSA) is 110 Å². The number of hydrogen-bond acceptors (Lipinski definition) is 8. The Kier molecular flexibility index (Phi) is 8.27. The first kappa shape index (κ1) is 27.9. The van der Waals surface area contributed by atoms with Crippen molar-refractivity contribution in [1.29, 1.82) is 0 Å². The monoisotopic (exact) mass is 581 g/mol. The lowest BCUT2D eigenvalue weighted by Crippen LogP contribution is -2.55. The molecule has 2 aromatic carbocycles. The minimum Gasteiger partial charge on any atom is -0.492 e. The predicted octanol–water partition coefficient (Wildman–Crippen LogP) is 7.25. The first-order valence-corrected chi connectivity index (χ1v) is 14.5. The summed E-state index contributed by atoms with van der Waals surface area (Å²) in [5, 5.41) is 16.3. The molecule has 2 N–H and O–H groups in total. The molecule has 1 saturated heterocycles. The molecule has 2 aromatic heterocycles. The number of thiazole rings is 1. The second kappa shape index (κ2) is 11.9. The lowest BCUT2D eigenvalue weighted by atomic mass is 9.74. The molecule has 2 atom stereocenters. The molecule has 1 unspecified atom stereocenters. The number of piperidine rings is 1. The summed E-state index contributed by atoms with van der Waals surface area (Å²) in [6.45, 7) is 7.52. The maximum atomic E-state index is 12.0. The van der Waals surface area contributed by atoms with Crippen molar-refractivity contribution in [3.8, 4) is 11.5 Å². The minimum atomic E-state index is -0.882. The number of nitrogens with zero attached hydrogens (tertiary/aromatic N) is 4. The highest BCUT2D eigenvalue weighted by molar-refractivity contribution is 7.07. The van der Waals surface area contributed by atoms with Crippen LogP contribution >= 0.6 is 22.9 Å². The van der Waals surface area contributed by atoms with Crippen molar-refractivity contribution in [2.24, 2.45) is 11.3 Å². The highest BCUT2D eigenvalue weighted by Crippen LogP contribution is 2.38. The molecule has 11 heteroatoms. The van der Waals surface area contributed by atoms with Crippen LogP contribution in [-0.4, -0.2) is 50.2 Å². The fourth-order valence-electron chi connectivity index (χ4n) is 5.42. The van der Waals surface area contributed by atoms with Gasteiger partial charge in [0.15, 0.2) is 0 Å². The number of hydrogen-bond donors (Lipinski definition) is 2. The third-order valence-electron chi connectivity index (χ3n) is 7.02. The van der Waals surface area contributed by atoms with Gasteiger partial charge in [-0.1, -0.05) is 38.4 Å². The van der Waals surface area contributed by atoms with Gasteiger partial charge in [-0.05, 0) is 48.6 Å². The lowest BCUT2D eigenvalue weighted by molar-refractivity contribution is 0.00696. The third-order valence-corrected chi connectivity index (χ3v) is 7.95. The van der Waals surface area contributed by atoms with Gasteiger partial charge in [-0.3, -0.25) is 0 Å². The summed E-state index contributed by atoms with van der Waals surface area (Å²) in [5.41, 5.74) is 3.85. The van der Waals surface area contributed by atoms with Gasteiger partial charge in [0.25, 0.3) is 0 Å². The van der Waals surface area contributed by atoms with Crippen LogP contribution in [0.15, 0.2) is 53.6 Å². The number of aromatic nitrogens is 3. The maximum absolute atomic E-state index is 12.0. The summed E-state index contributed by atoms with van der Waals surface area (Å²) in [7, 11) is 0. The Morgan fingerprint density at radius 2 is 2.02 bits per heavy atom. The molecule has 1 aliphatic heterocycles. The average Bonchev–Trinajstić information content (AvgIpc) is 3.44. The van der Waals surface area contributed by atoms with Crippen molar-refractivity contribution < 1.29 is 19.4 Å². The summed E-state index contributed by atoms with van der Waals surface area (Å²) < 4.78 is 12.2. The van der Waals surface area contributed by atoms with Crippen LogP contribution in [0.1, 0.15) is 39.3 Å². The zero-order valence-electron chi connectivity index (χ0n) is 22.6. The SMILES string of the molecule is CC(C)(C)C1[C@H](COc2cccc3ncnc(Nc4ccc(OCc5cscn5)c(Cl)c4)c23)CCCN1C(=O)O. The molecule has 9 nitrogen and oxygen atoms in total. The van der Waals surface area contributed by atoms with Crippen molar-refractivity contribution in [3.05, 3.63) is 64.3 Å². The smallest absolute Gasteiger partial charge is 0.407 e. The highest BCUT2D eigenvalue weighted by Gasteiger charge is 2.42. The summed E-state index contributed by atoms with van der Waals surface area (Å²) in [4.78, 5) is 26.7. The first-order chi connectivity index (χ1) is 19.2. The molecule has 4 aromatic rings. The standard InChI is InChI=1S/C29H32ClN5O4S/c1-29(2,3)26-18(6-5-11-35(26)28(36)37)13-38-24-8-4-7-22-25(24)27(32-16-31-22)34-19-9-10-23(21(30)12-19)39-14-20-15-40-17-33-20/h4,7-10,12,15-18,26H,5-6,11,13-14H2,1-3H3,(H,36,37)(H,31,32,34)/t18-,26?/m0/s1. The Balaban J connectivity index is 1.36. The second-order valence-corrected chi connectivity index (χ2v) is 12.0. The van der Waals surface area contributed by atoms with Gasteiger partial charge in [-0.25, -0.2) is 19.7 Å². The first-order valence-electron chi connectivity index (χ1n) is 13.1. The van der Waals surface area contributed by atoms with Gasteiger partial charge in [0.2, 0.25) is 0 Å². The molecule has 0 saturated carbocycles. The molecule has 0 bridgehead atoms. The van der Waals surface area contributed by atoms with Crippen LogP contribution in [0.25, 0.3) is 10.9 Å². The number of carbonyl (C=O) groups is 1. The van der Waals surface area contributed by atoms with Crippen LogP contribution < -0.4 is 14.8 Å². The van der Waals surface area contributed by atoms with Crippen LogP contribution in [0.5, 0.6) is 11.5 Å². The molecule has 1 amide bonds. The van der Waals surface area contributed by atoms with Gasteiger partial charge in [-0.2, -0.15) is 0 Å². The Morgan fingerprint density at radius 1 is 1.18 bits per heavy atom. The largest absolute Gasteiger partial charge is 0.492 e. The highest BCUT2D eigenvalue weighted by atomic mass is 35.5. The average molecular weight is 582 g/mol. The van der Waals surface area contributed by atoms with Crippen molar-refractivity contribution >= 4 is 51.4 Å². The van der Waals surface area contributed by atoms with Crippen LogP contribution in [-0.2, 0) is 6.61 Å². The molecule has 0 spiro atoms. The van der Waals surface area contributed by atoms with Gasteiger partial charge in [0, 0.05) is 29.6 Å². The Morgan fingerprint density at radius 3 is 2.75 bits per heavy atom. The number of benzene rings is 2. The van der Waals surface area contributed by atoms with Crippen molar-refractivity contribution in [2.45, 2.75) is 46.3 Å². The van der Waals surface area contributed by atoms with Crippen LogP contribution in [0.2, 0.25) is 5.02 Å². The van der Waals surface area contributed by atoms with Crippen molar-refractivity contribution in [3.63, 3.8) is 0 Å². The van der Waals surface area contributed by atoms with E-state index in [0.29, 0.717) is 42.1 Å². The number of halogens is 1. The Bertz CT molecular complexity index is 1470. The number of fused-ring (bicyclic) bond motifs is 1. The van der Waals surface area contributed by atoms with Gasteiger partial charge in [-0.15, -0.1) is 11.3 Å². The molecule has 40 heavy (non-hydrogen) atoms. The van der Waals surface area contributed by atoms with E-state index in [1.807, 2.05) is 35.7 Å². The van der Waals surface area contributed by atoms with Gasteiger partial charge in [0.1, 0.15) is 30.3 Å². The van der Waals surface area contributed by atoms with E-state index in [9.17, 15) is 9.90 Å². The van der Waals surface area contributed by atoms with E-state index in [2.05, 4.69) is 41.0 Å². The number of carboxylic acid groups (broad SMARTS) is 1. The zero-order valence-corrected chi connectivity index (χ0v) is 24.2. The number of rotatable bonds is 8. The van der Waals surface area contributed by atoms with Gasteiger partial charge < -0.3 is 24.8 Å². The number of amides is 1. The molecular weight excluding hydrogens is 550 g/mol. The maximum Gasteiger partial charge on any atom is 0.407 e. The number of nitrogens with one attached hydrogen (secondary N) is 1. The zero-order chi connectivity index (χ0) is 28.3. The summed E-state index contributed by atoms with van der Waals surface area (Å²) in [6, 6.07) is 11.0. The van der Waals surface area contributed by atoms with Gasteiger partial charge in [0.05, 0.1) is 33.7 Å². The van der Waals surface area contributed by atoms with Crippen molar-refractivity contribution in [2.75, 3.05) is 18.5 Å². The fraction of sp³-hybridized carbons (Fsp3) is 0.379. The molecule has 3 heterocycles. The Hall–Kier alpha value is -3.63. The molecule has 5 rings (SSSR count). The van der Waals surface area contributed by atoms with Gasteiger partial charge >= 0.3 is 6.09 Å². The minimum absolute atomic E-state index is 0.0526. The molecule has 1 fully saturated rings.